The van der Waals surface area contributed by atoms with E-state index in [9.17, 15) is 13.2 Å². The lowest BCUT2D eigenvalue weighted by molar-refractivity contribution is -0.119. The van der Waals surface area contributed by atoms with E-state index in [-0.39, 0.29) is 10.6 Å². The van der Waals surface area contributed by atoms with Crippen molar-refractivity contribution in [2.75, 3.05) is 18.0 Å². The number of ether oxygens (including phenoxy) is 2. The van der Waals surface area contributed by atoms with Crippen LogP contribution in [-0.2, 0) is 21.4 Å². The van der Waals surface area contributed by atoms with Gasteiger partial charge in [0, 0.05) is 6.07 Å². The molecule has 5 aromatic rings. The number of hydrogen-bond acceptors (Lipinski definition) is 6. The molecule has 8 nitrogen and oxygen atoms in total. The van der Waals surface area contributed by atoms with Crippen molar-refractivity contribution in [2.24, 2.45) is 5.10 Å². The number of nitrogens with one attached hydrogen (secondary N) is 1. The summed E-state index contributed by atoms with van der Waals surface area (Å²) in [4.78, 5) is 12.9. The number of anilines is 1. The molecule has 1 N–H and O–H groups in total. The molecule has 0 aromatic heterocycles. The van der Waals surface area contributed by atoms with E-state index in [1.165, 1.54) is 30.8 Å². The van der Waals surface area contributed by atoms with Crippen LogP contribution < -0.4 is 19.2 Å². The van der Waals surface area contributed by atoms with Crippen LogP contribution >= 0.6 is 0 Å². The van der Waals surface area contributed by atoms with E-state index in [0.29, 0.717) is 18.1 Å². The highest BCUT2D eigenvalue weighted by atomic mass is 32.2. The van der Waals surface area contributed by atoms with Crippen LogP contribution in [0.5, 0.6) is 11.5 Å². The minimum Gasteiger partial charge on any atom is -0.497 e. The summed E-state index contributed by atoms with van der Waals surface area (Å²) >= 11 is 0. The molecule has 0 fully saturated rings. The first-order valence-corrected chi connectivity index (χ1v) is 14.6. The van der Waals surface area contributed by atoms with Crippen LogP contribution in [0.15, 0.2) is 131 Å². The summed E-state index contributed by atoms with van der Waals surface area (Å²) < 4.78 is 39.1. The summed E-state index contributed by atoms with van der Waals surface area (Å²) in [5.41, 5.74) is 4.51. The second-order valence-corrected chi connectivity index (χ2v) is 11.2. The first kappa shape index (κ1) is 28.4. The van der Waals surface area contributed by atoms with Gasteiger partial charge in [0.05, 0.1) is 23.9 Å². The summed E-state index contributed by atoms with van der Waals surface area (Å²) in [5.74, 6) is 0.553. The van der Waals surface area contributed by atoms with Crippen LogP contribution in [0.2, 0.25) is 0 Å². The molecule has 0 unspecified atom stereocenters. The van der Waals surface area contributed by atoms with Crippen molar-refractivity contribution >= 4 is 38.6 Å². The standard InChI is InChI=1S/C33H29N3O5S/c1-40-31-11-7-10-29(21-31)36(42(38,39)32-12-3-2-4-13-32)23-33(37)35-34-22-25-15-18-30(19-16-25)41-24-26-14-17-27-8-5-6-9-28(27)20-26/h2-22H,23-24H2,1H3,(H,35,37)/b34-22-. The maximum Gasteiger partial charge on any atom is 0.264 e. The molecule has 0 radical (unpaired) electrons. The Hall–Kier alpha value is -5.15. The average molecular weight is 580 g/mol. The Morgan fingerprint density at radius 1 is 0.810 bits per heavy atom. The number of sulfonamides is 1. The second kappa shape index (κ2) is 13.0. The van der Waals surface area contributed by atoms with E-state index in [2.05, 4.69) is 34.8 Å². The van der Waals surface area contributed by atoms with Gasteiger partial charge < -0.3 is 9.47 Å². The van der Waals surface area contributed by atoms with Gasteiger partial charge in [0.25, 0.3) is 15.9 Å². The monoisotopic (exact) mass is 579 g/mol. The van der Waals surface area contributed by atoms with Crippen LogP contribution in [0.4, 0.5) is 5.69 Å². The fourth-order valence-corrected chi connectivity index (χ4v) is 5.72. The summed E-state index contributed by atoms with van der Waals surface area (Å²) in [7, 11) is -2.56. The summed E-state index contributed by atoms with van der Waals surface area (Å²) in [6.45, 7) is -0.0483. The predicted octanol–water partition coefficient (Wildman–Crippen LogP) is 5.77. The Balaban J connectivity index is 1.21. The van der Waals surface area contributed by atoms with Gasteiger partial charge >= 0.3 is 0 Å². The molecule has 0 spiro atoms. The van der Waals surface area contributed by atoms with E-state index in [1.807, 2.05) is 42.5 Å². The lowest BCUT2D eigenvalue weighted by Crippen LogP contribution is -2.39. The van der Waals surface area contributed by atoms with Crippen molar-refractivity contribution in [3.8, 4) is 11.5 Å². The van der Waals surface area contributed by atoms with Gasteiger partial charge in [-0.05, 0) is 76.5 Å². The van der Waals surface area contributed by atoms with Crippen molar-refractivity contribution in [1.82, 2.24) is 5.43 Å². The van der Waals surface area contributed by atoms with Crippen molar-refractivity contribution in [2.45, 2.75) is 11.5 Å². The quantitative estimate of drug-likeness (QED) is 0.158. The molecule has 0 aliphatic carbocycles. The zero-order valence-electron chi connectivity index (χ0n) is 22.9. The molecule has 1 amide bonds. The average Bonchev–Trinajstić information content (AvgIpc) is 3.03. The van der Waals surface area contributed by atoms with Gasteiger partial charge in [0.15, 0.2) is 0 Å². The fraction of sp³-hybridized carbons (Fsp3) is 0.0909. The highest BCUT2D eigenvalue weighted by Crippen LogP contribution is 2.27. The van der Waals surface area contributed by atoms with E-state index >= 15 is 0 Å². The van der Waals surface area contributed by atoms with Crippen molar-refractivity contribution in [3.05, 3.63) is 132 Å². The molecule has 5 aromatic carbocycles. The van der Waals surface area contributed by atoms with Crippen LogP contribution in [-0.4, -0.2) is 34.2 Å². The highest BCUT2D eigenvalue weighted by Gasteiger charge is 2.27. The summed E-state index contributed by atoms with van der Waals surface area (Å²) in [5, 5.41) is 6.36. The van der Waals surface area contributed by atoms with Crippen LogP contribution in [0.1, 0.15) is 11.1 Å². The number of benzene rings is 5. The Morgan fingerprint density at radius 2 is 1.55 bits per heavy atom. The smallest absolute Gasteiger partial charge is 0.264 e. The maximum atomic E-state index is 13.5. The predicted molar refractivity (Wildman–Crippen MR) is 164 cm³/mol. The van der Waals surface area contributed by atoms with Gasteiger partial charge in [-0.25, -0.2) is 13.8 Å². The van der Waals surface area contributed by atoms with Gasteiger partial charge in [-0.15, -0.1) is 0 Å². The van der Waals surface area contributed by atoms with E-state index in [4.69, 9.17) is 9.47 Å². The van der Waals surface area contributed by atoms with Crippen molar-refractivity contribution in [1.29, 1.82) is 0 Å². The van der Waals surface area contributed by atoms with Gasteiger partial charge in [-0.2, -0.15) is 5.10 Å². The normalized spacial score (nSPS) is 11.4. The van der Waals surface area contributed by atoms with Crippen LogP contribution in [0.25, 0.3) is 10.8 Å². The Labute approximate surface area is 244 Å². The van der Waals surface area contributed by atoms with Gasteiger partial charge in [0.1, 0.15) is 24.7 Å². The number of methoxy groups -OCH3 is 1. The van der Waals surface area contributed by atoms with E-state index in [0.717, 1.165) is 20.8 Å². The molecule has 0 aliphatic heterocycles. The molecule has 0 saturated heterocycles. The zero-order valence-corrected chi connectivity index (χ0v) is 23.7. The van der Waals surface area contributed by atoms with Gasteiger partial charge in [-0.1, -0.05) is 60.7 Å². The molecular weight excluding hydrogens is 550 g/mol. The number of fused-ring (bicyclic) bond motifs is 1. The molecule has 0 heterocycles. The summed E-state index contributed by atoms with van der Waals surface area (Å²) in [6.07, 6.45) is 1.48. The number of hydrogen-bond donors (Lipinski definition) is 1. The zero-order chi connectivity index (χ0) is 29.4. The third kappa shape index (κ3) is 6.94. The molecule has 0 aliphatic rings. The Morgan fingerprint density at radius 3 is 2.31 bits per heavy atom. The Bertz CT molecular complexity index is 1810. The minimum absolute atomic E-state index is 0.0621. The molecule has 0 atom stereocenters. The fourth-order valence-electron chi connectivity index (χ4n) is 4.29. The molecule has 212 valence electrons. The third-order valence-corrected chi connectivity index (χ3v) is 8.25. The molecule has 9 heteroatoms. The lowest BCUT2D eigenvalue weighted by Gasteiger charge is -2.24. The topological polar surface area (TPSA) is 97.3 Å². The van der Waals surface area contributed by atoms with Crippen LogP contribution in [0, 0.1) is 0 Å². The lowest BCUT2D eigenvalue weighted by atomic mass is 10.1. The molecule has 42 heavy (non-hydrogen) atoms. The number of hydrazone groups is 1. The second-order valence-electron chi connectivity index (χ2n) is 9.36. The number of carbonyl (C=O) groups excluding carboxylic acids is 1. The SMILES string of the molecule is COc1cccc(N(CC(=O)N/N=C\c2ccc(OCc3ccc4ccccc4c3)cc2)S(=O)(=O)c2ccccc2)c1. The Kier molecular flexibility index (Phi) is 8.79. The van der Waals surface area contributed by atoms with Crippen LogP contribution in [0.3, 0.4) is 0 Å². The maximum absolute atomic E-state index is 13.5. The van der Waals surface area contributed by atoms with Gasteiger partial charge in [0.2, 0.25) is 0 Å². The third-order valence-electron chi connectivity index (χ3n) is 6.46. The molecule has 0 saturated carbocycles. The van der Waals surface area contributed by atoms with E-state index in [1.54, 1.807) is 42.5 Å². The first-order valence-electron chi connectivity index (χ1n) is 13.2. The van der Waals surface area contributed by atoms with Crippen molar-refractivity contribution < 1.29 is 22.7 Å². The van der Waals surface area contributed by atoms with Crippen molar-refractivity contribution in [3.63, 3.8) is 0 Å². The largest absolute Gasteiger partial charge is 0.497 e. The number of nitrogens with zero attached hydrogens (tertiary/aromatic N) is 2. The summed E-state index contributed by atoms with van der Waals surface area (Å²) in [6, 6.07) is 36.1. The van der Waals surface area contributed by atoms with Gasteiger partial charge in [-0.3, -0.25) is 9.10 Å². The van der Waals surface area contributed by atoms with E-state index < -0.39 is 22.5 Å². The number of rotatable bonds is 11. The number of carbonyl (C=O) groups is 1. The molecular formula is C33H29N3O5S. The molecule has 5 rings (SSSR count). The molecule has 0 bridgehead atoms. The minimum atomic E-state index is -4.04. The highest BCUT2D eigenvalue weighted by molar-refractivity contribution is 7.92. The number of amides is 1. The first-order chi connectivity index (χ1) is 20.4.